The molecular formula is C80H148N2O21. The number of amides is 2. The first-order valence-electron chi connectivity index (χ1n) is 41.2. The molecule has 0 aromatic rings. The van der Waals surface area contributed by atoms with E-state index in [2.05, 4.69) is 36.6 Å². The standard InChI is InChI=1S/C80H148N2O21/c1-4-6-8-10-12-14-16-17-18-19-20-21-22-23-24-25-26-27-28-29-30-31-32-33-34-35-36-37-38-39-40-41-42-43-44-46-48-50-52-54-67(90)82-61(62(87)53-51-49-47-45-15-13-11-9-7-5-2)59-98-77-72(94)71(93)74(66(58-85)100-77)101-78-73(95)76(70(92)65(57-84)99-78)103-80(79(96)97)55-63(88)68(81-60(3)86)75(102-80)69(91)64(89)56-83/h29-30,51,53,61-66,68-78,83-85,87-89,91-95H,4-28,31-50,52,54-59H2,1-3H3,(H,81,86)(H,82,90)(H,96,97)/b30-29-,53-51+. The fourth-order valence-electron chi connectivity index (χ4n) is 14.4. The summed E-state index contributed by atoms with van der Waals surface area (Å²) in [6, 6.07) is -2.62. The average molecular weight is 1470 g/mol. The number of aliphatic hydroxyl groups is 11. The van der Waals surface area contributed by atoms with Gasteiger partial charge in [0.2, 0.25) is 11.8 Å². The topological polar surface area (TPSA) is 373 Å². The third kappa shape index (κ3) is 39.4. The highest BCUT2D eigenvalue weighted by Gasteiger charge is 2.60. The van der Waals surface area contributed by atoms with Crippen LogP contribution in [0.3, 0.4) is 0 Å². The van der Waals surface area contributed by atoms with Crippen molar-refractivity contribution in [3.63, 3.8) is 0 Å². The van der Waals surface area contributed by atoms with E-state index in [1.807, 2.05) is 6.08 Å². The van der Waals surface area contributed by atoms with E-state index in [1.165, 1.54) is 238 Å². The second-order valence-corrected chi connectivity index (χ2v) is 30.0. The third-order valence-corrected chi connectivity index (χ3v) is 20.9. The minimum Gasteiger partial charge on any atom is -0.477 e. The number of aliphatic hydroxyl groups excluding tert-OH is 11. The van der Waals surface area contributed by atoms with Crippen LogP contribution in [0.15, 0.2) is 24.3 Å². The van der Waals surface area contributed by atoms with Crippen LogP contribution < -0.4 is 10.6 Å². The Balaban J connectivity index is 1.36. The monoisotopic (exact) mass is 1470 g/mol. The van der Waals surface area contributed by atoms with Gasteiger partial charge in [0.15, 0.2) is 12.6 Å². The van der Waals surface area contributed by atoms with E-state index < -0.39 is 155 Å². The summed E-state index contributed by atoms with van der Waals surface area (Å²) >= 11 is 0. The van der Waals surface area contributed by atoms with Crippen molar-refractivity contribution >= 4 is 17.8 Å². The van der Waals surface area contributed by atoms with E-state index in [-0.39, 0.29) is 12.3 Å². The molecule has 103 heavy (non-hydrogen) atoms. The lowest BCUT2D eigenvalue weighted by Gasteiger charge is -2.50. The Morgan fingerprint density at radius 3 is 1.32 bits per heavy atom. The third-order valence-electron chi connectivity index (χ3n) is 20.9. The van der Waals surface area contributed by atoms with E-state index in [0.717, 1.165) is 51.9 Å². The van der Waals surface area contributed by atoms with Crippen LogP contribution in [0, 0.1) is 0 Å². The van der Waals surface area contributed by atoms with E-state index in [9.17, 15) is 75.7 Å². The molecule has 0 saturated carbocycles. The molecule has 0 aromatic heterocycles. The summed E-state index contributed by atoms with van der Waals surface area (Å²) in [6.07, 6.45) is 37.2. The van der Waals surface area contributed by atoms with Gasteiger partial charge in [0, 0.05) is 19.8 Å². The molecule has 3 fully saturated rings. The second-order valence-electron chi connectivity index (χ2n) is 30.0. The smallest absolute Gasteiger partial charge is 0.364 e. The molecule has 0 radical (unpaired) electrons. The molecule has 3 saturated heterocycles. The summed E-state index contributed by atoms with van der Waals surface area (Å²) in [6.45, 7) is 2.13. The van der Waals surface area contributed by atoms with Gasteiger partial charge in [0.25, 0.3) is 5.79 Å². The van der Waals surface area contributed by atoms with Crippen molar-refractivity contribution in [2.75, 3.05) is 26.4 Å². The number of allylic oxidation sites excluding steroid dienone is 3. The lowest BCUT2D eigenvalue weighted by atomic mass is 9.88. The Labute approximate surface area is 619 Å². The van der Waals surface area contributed by atoms with Gasteiger partial charge >= 0.3 is 5.97 Å². The zero-order valence-corrected chi connectivity index (χ0v) is 63.9. The van der Waals surface area contributed by atoms with Gasteiger partial charge in [-0.05, 0) is 44.9 Å². The zero-order valence-electron chi connectivity index (χ0n) is 63.9. The van der Waals surface area contributed by atoms with Crippen molar-refractivity contribution in [1.29, 1.82) is 0 Å². The lowest BCUT2D eigenvalue weighted by Crippen LogP contribution is -2.70. The van der Waals surface area contributed by atoms with Gasteiger partial charge in [-0.15, -0.1) is 0 Å². The highest BCUT2D eigenvalue weighted by Crippen LogP contribution is 2.39. The second kappa shape index (κ2) is 59.1. The summed E-state index contributed by atoms with van der Waals surface area (Å²) in [5.74, 6) is -6.14. The fraction of sp³-hybridized carbons (Fsp3) is 0.912. The molecular weight excluding hydrogens is 1320 g/mol. The highest BCUT2D eigenvalue weighted by atomic mass is 16.8. The van der Waals surface area contributed by atoms with Crippen LogP contribution in [0.4, 0.5) is 0 Å². The van der Waals surface area contributed by atoms with Gasteiger partial charge in [-0.25, -0.2) is 4.79 Å². The summed E-state index contributed by atoms with van der Waals surface area (Å²) in [5, 5.41) is 136. The molecule has 3 rings (SSSR count). The maximum Gasteiger partial charge on any atom is 0.364 e. The van der Waals surface area contributed by atoms with E-state index in [1.54, 1.807) is 6.08 Å². The number of carboxylic acids is 1. The van der Waals surface area contributed by atoms with Crippen LogP contribution in [-0.2, 0) is 42.8 Å². The molecule has 0 bridgehead atoms. The molecule has 2 amide bonds. The number of carbonyl (C=O) groups excluding carboxylic acids is 2. The van der Waals surface area contributed by atoms with Crippen LogP contribution in [0.2, 0.25) is 0 Å². The number of hydrogen-bond donors (Lipinski definition) is 14. The van der Waals surface area contributed by atoms with Crippen molar-refractivity contribution in [2.24, 2.45) is 0 Å². The molecule has 14 N–H and O–H groups in total. The van der Waals surface area contributed by atoms with Crippen LogP contribution >= 0.6 is 0 Å². The first kappa shape index (κ1) is 94.4. The van der Waals surface area contributed by atoms with Crippen molar-refractivity contribution in [3.8, 4) is 0 Å². The minimum atomic E-state index is -3.08. The maximum atomic E-state index is 13.5. The van der Waals surface area contributed by atoms with Crippen LogP contribution in [0.5, 0.6) is 0 Å². The molecule has 3 aliphatic heterocycles. The van der Waals surface area contributed by atoms with Crippen molar-refractivity contribution in [3.05, 3.63) is 24.3 Å². The van der Waals surface area contributed by atoms with Crippen molar-refractivity contribution < 1.29 is 104 Å². The average Bonchev–Trinajstić information content (AvgIpc) is 0.755. The van der Waals surface area contributed by atoms with Crippen molar-refractivity contribution in [1.82, 2.24) is 10.6 Å². The van der Waals surface area contributed by atoms with Gasteiger partial charge in [0.1, 0.15) is 67.1 Å². The minimum absolute atomic E-state index is 0.203. The van der Waals surface area contributed by atoms with Gasteiger partial charge < -0.3 is 100 Å². The number of ether oxygens (including phenoxy) is 6. The van der Waals surface area contributed by atoms with Gasteiger partial charge in [-0.3, -0.25) is 9.59 Å². The predicted molar refractivity (Wildman–Crippen MR) is 398 cm³/mol. The fourth-order valence-corrected chi connectivity index (χ4v) is 14.4. The van der Waals surface area contributed by atoms with Gasteiger partial charge in [-0.2, -0.15) is 0 Å². The van der Waals surface area contributed by atoms with E-state index >= 15 is 0 Å². The maximum absolute atomic E-state index is 13.5. The summed E-state index contributed by atoms with van der Waals surface area (Å²) in [5.41, 5.74) is 0. The predicted octanol–water partition coefficient (Wildman–Crippen LogP) is 11.1. The molecule has 0 spiro atoms. The van der Waals surface area contributed by atoms with Gasteiger partial charge in [0.05, 0.1) is 50.7 Å². The van der Waals surface area contributed by atoms with Crippen LogP contribution in [0.1, 0.15) is 329 Å². The first-order valence-corrected chi connectivity index (χ1v) is 41.2. The van der Waals surface area contributed by atoms with Crippen LogP contribution in [0.25, 0.3) is 0 Å². The number of hydrogen-bond acceptors (Lipinski definition) is 20. The Kier molecular flexibility index (Phi) is 54.2. The number of nitrogens with one attached hydrogen (secondary N) is 2. The number of carboxylic acid groups (broad SMARTS) is 1. The Hall–Kier alpha value is -2.79. The molecule has 3 aliphatic rings. The zero-order chi connectivity index (χ0) is 75.3. The molecule has 23 nitrogen and oxygen atoms in total. The van der Waals surface area contributed by atoms with Crippen molar-refractivity contribution in [2.45, 2.75) is 439 Å². The Morgan fingerprint density at radius 2 is 0.913 bits per heavy atom. The Bertz CT molecular complexity index is 2150. The molecule has 3 heterocycles. The Morgan fingerprint density at radius 1 is 0.505 bits per heavy atom. The normalized spacial score (nSPS) is 26.6. The highest BCUT2D eigenvalue weighted by molar-refractivity contribution is 5.77. The summed E-state index contributed by atoms with van der Waals surface area (Å²) in [4.78, 5) is 38.6. The largest absolute Gasteiger partial charge is 0.477 e. The molecule has 0 aromatic carbocycles. The molecule has 0 aliphatic carbocycles. The SMILES string of the molecule is CCCCCCCCCC/C=C/C(O)C(COC1OC(CO)C(OC2OC(CO)C(O)C(OC3(C(=O)O)CC(O)C(NC(C)=O)C(C(O)C(O)CO)O3)C2O)C(O)C1O)NC(=O)CCCCCCCCCCCCCCCCCCC/C=C\CCCCCCCCCCCCCCCCCCCC. The molecule has 23 heteroatoms. The molecule has 604 valence electrons. The summed E-state index contributed by atoms with van der Waals surface area (Å²) in [7, 11) is 0. The van der Waals surface area contributed by atoms with Gasteiger partial charge in [-0.1, -0.05) is 289 Å². The molecule has 18 atom stereocenters. The van der Waals surface area contributed by atoms with E-state index in [0.29, 0.717) is 12.8 Å². The lowest BCUT2D eigenvalue weighted by molar-refractivity contribution is -0.386. The number of unbranched alkanes of at least 4 members (excludes halogenated alkanes) is 43. The first-order chi connectivity index (χ1) is 49.9. The van der Waals surface area contributed by atoms with E-state index in [4.69, 9.17) is 28.4 Å². The quantitative estimate of drug-likeness (QED) is 0.0199. The number of aliphatic carboxylic acids is 1. The number of carbonyl (C=O) groups is 3. The molecule has 18 unspecified atom stereocenters. The number of rotatable bonds is 65. The summed E-state index contributed by atoms with van der Waals surface area (Å²) < 4.78 is 34.8. The van der Waals surface area contributed by atoms with Crippen LogP contribution in [-0.4, -0.2) is 215 Å².